The fourth-order valence-electron chi connectivity index (χ4n) is 2.74. The van der Waals surface area contributed by atoms with E-state index in [-0.39, 0.29) is 0 Å². The van der Waals surface area contributed by atoms with Crippen LogP contribution in [-0.2, 0) is 16.8 Å². The predicted octanol–water partition coefficient (Wildman–Crippen LogP) is 3.24. The predicted molar refractivity (Wildman–Crippen MR) is 99.0 cm³/mol. The summed E-state index contributed by atoms with van der Waals surface area (Å²) >= 11 is 0. The summed E-state index contributed by atoms with van der Waals surface area (Å²) in [5, 5.41) is 8.46. The summed E-state index contributed by atoms with van der Waals surface area (Å²) in [5.41, 5.74) is 0. The summed E-state index contributed by atoms with van der Waals surface area (Å²) in [6.07, 6.45) is 17.9. The van der Waals surface area contributed by atoms with Crippen LogP contribution < -0.4 is 4.57 Å². The van der Waals surface area contributed by atoms with Gasteiger partial charge in [-0.15, -0.1) is 3.97 Å². The van der Waals surface area contributed by atoms with Crippen molar-refractivity contribution >= 4 is 10.2 Å². The highest BCUT2D eigenvalue weighted by Crippen LogP contribution is 2.11. The van der Waals surface area contributed by atoms with Crippen LogP contribution in [0.4, 0.5) is 0 Å². The Morgan fingerprint density at radius 3 is 2.00 bits per heavy atom. The zero-order valence-electron chi connectivity index (χ0n) is 15.7. The van der Waals surface area contributed by atoms with Gasteiger partial charge >= 0.3 is 10.2 Å². The van der Waals surface area contributed by atoms with Gasteiger partial charge in [0.25, 0.3) is 6.33 Å². The molecule has 0 saturated heterocycles. The second kappa shape index (κ2) is 12.0. The van der Waals surface area contributed by atoms with Gasteiger partial charge in [0.2, 0.25) is 0 Å². The number of unbranched alkanes of at least 4 members (excludes halogenated alkanes) is 10. The van der Waals surface area contributed by atoms with Gasteiger partial charge < -0.3 is 0 Å². The standard InChI is InChI=1S/C18H33N4O2S/c1-20(2)25(23,24)22-17-16-21(18-22)15-13-11-9-7-5-3-4-6-8-10-12-14-19/h16-18H,3-13,15H2,1-2H3/q+1. The van der Waals surface area contributed by atoms with E-state index in [2.05, 4.69) is 6.07 Å². The van der Waals surface area contributed by atoms with E-state index in [0.717, 1.165) is 19.4 Å². The summed E-state index contributed by atoms with van der Waals surface area (Å²) in [6.45, 7) is 0.856. The van der Waals surface area contributed by atoms with Crippen molar-refractivity contribution in [3.63, 3.8) is 0 Å². The summed E-state index contributed by atoms with van der Waals surface area (Å²) in [6, 6.07) is 2.19. The maximum absolute atomic E-state index is 12.0. The first-order valence-electron chi connectivity index (χ1n) is 9.35. The first-order valence-corrected chi connectivity index (χ1v) is 10.7. The van der Waals surface area contributed by atoms with E-state index in [1.165, 1.54) is 73.7 Å². The Hall–Kier alpha value is -1.39. The third-order valence-corrected chi connectivity index (χ3v) is 6.02. The van der Waals surface area contributed by atoms with Crippen LogP contribution in [0.2, 0.25) is 0 Å². The quantitative estimate of drug-likeness (QED) is 0.373. The summed E-state index contributed by atoms with van der Waals surface area (Å²) < 4.78 is 28.4. The van der Waals surface area contributed by atoms with Gasteiger partial charge in [-0.3, -0.25) is 0 Å². The molecule has 7 heteroatoms. The topological polar surface area (TPSA) is 70.0 Å². The summed E-state index contributed by atoms with van der Waals surface area (Å²) in [7, 11) is -0.331. The molecule has 1 aromatic heterocycles. The molecule has 0 N–H and O–H groups in total. The Labute approximate surface area is 153 Å². The van der Waals surface area contributed by atoms with Gasteiger partial charge in [0.1, 0.15) is 12.4 Å². The lowest BCUT2D eigenvalue weighted by atomic mass is 10.1. The fraction of sp³-hybridized carbons (Fsp3) is 0.778. The molecular formula is C18H33N4O2S+. The molecule has 1 heterocycles. The SMILES string of the molecule is CN(C)S(=O)(=O)n1cc[n+](CCCCCCCCCCCCC#N)c1. The average Bonchev–Trinajstić information content (AvgIpc) is 3.05. The van der Waals surface area contributed by atoms with E-state index in [1.54, 1.807) is 12.5 Å². The van der Waals surface area contributed by atoms with Crippen molar-refractivity contribution in [2.45, 2.75) is 77.2 Å². The van der Waals surface area contributed by atoms with Crippen LogP contribution in [-0.4, -0.2) is 30.8 Å². The minimum atomic E-state index is -3.40. The molecule has 25 heavy (non-hydrogen) atoms. The first kappa shape index (κ1) is 21.7. The van der Waals surface area contributed by atoms with Crippen LogP contribution in [0.25, 0.3) is 0 Å². The number of aryl methyl sites for hydroxylation is 1. The third-order valence-electron chi connectivity index (χ3n) is 4.35. The van der Waals surface area contributed by atoms with Crippen molar-refractivity contribution in [2.24, 2.45) is 0 Å². The number of nitriles is 1. The Balaban J connectivity index is 2.04. The Morgan fingerprint density at radius 1 is 0.960 bits per heavy atom. The zero-order valence-corrected chi connectivity index (χ0v) is 16.5. The number of hydrogen-bond acceptors (Lipinski definition) is 3. The first-order chi connectivity index (χ1) is 12.0. The zero-order chi connectivity index (χ0) is 18.5. The average molecular weight is 370 g/mol. The molecule has 0 fully saturated rings. The van der Waals surface area contributed by atoms with Gasteiger partial charge in [-0.1, -0.05) is 44.9 Å². The normalized spacial score (nSPS) is 11.8. The minimum Gasteiger partial charge on any atom is -0.236 e. The lowest BCUT2D eigenvalue weighted by molar-refractivity contribution is -0.696. The van der Waals surface area contributed by atoms with E-state index in [0.29, 0.717) is 6.42 Å². The van der Waals surface area contributed by atoms with Gasteiger partial charge in [-0.2, -0.15) is 18.0 Å². The lowest BCUT2D eigenvalue weighted by Crippen LogP contribution is -2.33. The monoisotopic (exact) mass is 369 g/mol. The van der Waals surface area contributed by atoms with Crippen molar-refractivity contribution in [3.05, 3.63) is 18.7 Å². The molecule has 0 spiro atoms. The molecule has 1 aromatic rings. The molecule has 0 aliphatic rings. The third kappa shape index (κ3) is 8.50. The number of aromatic nitrogens is 2. The second-order valence-corrected chi connectivity index (χ2v) is 8.76. The van der Waals surface area contributed by atoms with Gasteiger partial charge in [0.05, 0.1) is 12.6 Å². The summed E-state index contributed by atoms with van der Waals surface area (Å²) in [4.78, 5) is 0. The lowest BCUT2D eigenvalue weighted by Gasteiger charge is -2.05. The molecule has 0 radical (unpaired) electrons. The van der Waals surface area contributed by atoms with Crippen LogP contribution in [0.1, 0.15) is 70.6 Å². The van der Waals surface area contributed by atoms with E-state index >= 15 is 0 Å². The Bertz CT molecular complexity index is 617. The van der Waals surface area contributed by atoms with Crippen molar-refractivity contribution < 1.29 is 13.0 Å². The van der Waals surface area contributed by atoms with Gasteiger partial charge in [-0.25, -0.2) is 4.57 Å². The van der Waals surface area contributed by atoms with Crippen LogP contribution in [0, 0.1) is 11.3 Å². The Morgan fingerprint density at radius 2 is 1.48 bits per heavy atom. The van der Waals surface area contributed by atoms with Crippen molar-refractivity contribution in [3.8, 4) is 6.07 Å². The number of hydrogen-bond donors (Lipinski definition) is 0. The highest BCUT2D eigenvalue weighted by Gasteiger charge is 2.22. The van der Waals surface area contributed by atoms with Crippen LogP contribution in [0.15, 0.2) is 18.7 Å². The van der Waals surface area contributed by atoms with E-state index in [1.807, 2.05) is 10.8 Å². The number of imidazole rings is 1. The Kier molecular flexibility index (Phi) is 10.4. The molecule has 1 rings (SSSR count). The fourth-order valence-corrected chi connectivity index (χ4v) is 3.57. The number of rotatable bonds is 14. The molecule has 142 valence electrons. The second-order valence-electron chi connectivity index (χ2n) is 6.72. The molecule has 0 atom stereocenters. The van der Waals surface area contributed by atoms with Crippen molar-refractivity contribution in [1.29, 1.82) is 5.26 Å². The van der Waals surface area contributed by atoms with E-state index in [9.17, 15) is 8.42 Å². The summed E-state index contributed by atoms with van der Waals surface area (Å²) in [5.74, 6) is 0. The highest BCUT2D eigenvalue weighted by molar-refractivity contribution is 7.87. The van der Waals surface area contributed by atoms with Crippen LogP contribution >= 0.6 is 0 Å². The number of nitrogens with zero attached hydrogens (tertiary/aromatic N) is 4. The molecule has 0 aromatic carbocycles. The molecule has 0 amide bonds. The maximum atomic E-state index is 12.0. The highest BCUT2D eigenvalue weighted by atomic mass is 32.2. The van der Waals surface area contributed by atoms with Gasteiger partial charge in [0.15, 0.2) is 0 Å². The van der Waals surface area contributed by atoms with Crippen LogP contribution in [0.3, 0.4) is 0 Å². The van der Waals surface area contributed by atoms with Gasteiger partial charge in [-0.05, 0) is 19.3 Å². The minimum absolute atomic E-state index is 0.697. The molecule has 0 aliphatic heterocycles. The molecule has 0 saturated carbocycles. The van der Waals surface area contributed by atoms with Crippen molar-refractivity contribution in [2.75, 3.05) is 14.1 Å². The molecule has 0 bridgehead atoms. The molecular weight excluding hydrogens is 336 g/mol. The maximum Gasteiger partial charge on any atom is 0.379 e. The van der Waals surface area contributed by atoms with Gasteiger partial charge in [0, 0.05) is 20.5 Å². The smallest absolute Gasteiger partial charge is 0.236 e. The van der Waals surface area contributed by atoms with Crippen molar-refractivity contribution in [1.82, 2.24) is 8.28 Å². The van der Waals surface area contributed by atoms with E-state index < -0.39 is 10.2 Å². The van der Waals surface area contributed by atoms with E-state index in [4.69, 9.17) is 5.26 Å². The molecule has 6 nitrogen and oxygen atoms in total. The van der Waals surface area contributed by atoms with Crippen LogP contribution in [0.5, 0.6) is 0 Å². The largest absolute Gasteiger partial charge is 0.379 e. The molecule has 0 unspecified atom stereocenters. The molecule has 0 aliphatic carbocycles.